The fourth-order valence-corrected chi connectivity index (χ4v) is 1.27. The lowest BCUT2D eigenvalue weighted by atomic mass is 10.2. The fourth-order valence-electron chi connectivity index (χ4n) is 1.27. The average molecular weight is 194 g/mol. The average Bonchev–Trinajstić information content (AvgIpc) is 2.17. The predicted octanol–water partition coefficient (Wildman–Crippen LogP) is 1.84. The van der Waals surface area contributed by atoms with Gasteiger partial charge in [0.2, 0.25) is 0 Å². The predicted molar refractivity (Wildman–Crippen MR) is 60.3 cm³/mol. The van der Waals surface area contributed by atoms with Gasteiger partial charge in [0.25, 0.3) is 0 Å². The van der Waals surface area contributed by atoms with E-state index in [1.165, 1.54) is 0 Å². The van der Waals surface area contributed by atoms with Gasteiger partial charge in [-0.2, -0.15) is 0 Å². The molecule has 0 aliphatic rings. The van der Waals surface area contributed by atoms with Gasteiger partial charge in [0.15, 0.2) is 0 Å². The summed E-state index contributed by atoms with van der Waals surface area (Å²) in [6, 6.07) is 7.51. The first-order valence-corrected chi connectivity index (χ1v) is 5.00. The van der Waals surface area contributed by atoms with E-state index < -0.39 is 0 Å². The highest BCUT2D eigenvalue weighted by Gasteiger charge is 2.01. The second-order valence-electron chi connectivity index (χ2n) is 3.45. The Labute approximate surface area is 84.9 Å². The summed E-state index contributed by atoms with van der Waals surface area (Å²) in [7, 11) is 0. The molecule has 14 heavy (non-hydrogen) atoms. The van der Waals surface area contributed by atoms with E-state index in [0.717, 1.165) is 24.2 Å². The van der Waals surface area contributed by atoms with E-state index in [9.17, 15) is 5.11 Å². The fraction of sp³-hybridized carbons (Fsp3) is 0.455. The molecular formula is C11H18N2O. The molecule has 78 valence electrons. The molecule has 0 radical (unpaired) electrons. The van der Waals surface area contributed by atoms with Gasteiger partial charge in [-0.25, -0.2) is 0 Å². The van der Waals surface area contributed by atoms with Gasteiger partial charge in [-0.05, 0) is 30.7 Å². The van der Waals surface area contributed by atoms with E-state index in [-0.39, 0.29) is 6.10 Å². The van der Waals surface area contributed by atoms with Crippen molar-refractivity contribution in [1.82, 2.24) is 0 Å². The summed E-state index contributed by atoms with van der Waals surface area (Å²) in [5.74, 6) is 0. The first-order chi connectivity index (χ1) is 6.72. The van der Waals surface area contributed by atoms with Crippen molar-refractivity contribution in [2.24, 2.45) is 0 Å². The molecule has 1 aromatic carbocycles. The molecule has 0 aromatic heterocycles. The van der Waals surface area contributed by atoms with E-state index in [0.29, 0.717) is 6.54 Å². The van der Waals surface area contributed by atoms with Crippen LogP contribution in [0, 0.1) is 0 Å². The standard InChI is InChI=1S/C11H18N2O/c1-2-3-11(14)8-13-10-6-4-9(12)5-7-10/h4-7,11,13-14H,2-3,8,12H2,1H3. The van der Waals surface area contributed by atoms with Crippen LogP contribution in [0.2, 0.25) is 0 Å². The highest BCUT2D eigenvalue weighted by molar-refractivity contribution is 5.51. The Bertz CT molecular complexity index is 258. The maximum Gasteiger partial charge on any atom is 0.0712 e. The largest absolute Gasteiger partial charge is 0.399 e. The summed E-state index contributed by atoms with van der Waals surface area (Å²) in [6.45, 7) is 2.66. The van der Waals surface area contributed by atoms with Gasteiger partial charge >= 0.3 is 0 Å². The van der Waals surface area contributed by atoms with Crippen LogP contribution in [0.3, 0.4) is 0 Å². The molecule has 1 unspecified atom stereocenters. The molecule has 0 aliphatic carbocycles. The lowest BCUT2D eigenvalue weighted by molar-refractivity contribution is 0.176. The number of aliphatic hydroxyl groups is 1. The first-order valence-electron chi connectivity index (χ1n) is 5.00. The van der Waals surface area contributed by atoms with Gasteiger partial charge in [0.05, 0.1) is 6.10 Å². The topological polar surface area (TPSA) is 58.3 Å². The molecule has 1 aromatic rings. The van der Waals surface area contributed by atoms with Crippen LogP contribution in [-0.4, -0.2) is 17.8 Å². The molecule has 0 saturated heterocycles. The zero-order valence-corrected chi connectivity index (χ0v) is 8.53. The lowest BCUT2D eigenvalue weighted by Gasteiger charge is -2.11. The van der Waals surface area contributed by atoms with E-state index in [1.807, 2.05) is 24.3 Å². The summed E-state index contributed by atoms with van der Waals surface area (Å²) in [5, 5.41) is 12.6. The zero-order valence-electron chi connectivity index (χ0n) is 8.53. The van der Waals surface area contributed by atoms with Gasteiger partial charge in [-0.15, -0.1) is 0 Å². The number of hydrogen-bond donors (Lipinski definition) is 3. The summed E-state index contributed by atoms with van der Waals surface area (Å²) >= 11 is 0. The number of nitrogens with one attached hydrogen (secondary N) is 1. The van der Waals surface area contributed by atoms with Gasteiger partial charge in [-0.3, -0.25) is 0 Å². The maximum absolute atomic E-state index is 9.48. The lowest BCUT2D eigenvalue weighted by Crippen LogP contribution is -2.18. The van der Waals surface area contributed by atoms with E-state index in [2.05, 4.69) is 12.2 Å². The Kier molecular flexibility index (Phi) is 4.26. The Morgan fingerprint density at radius 3 is 2.57 bits per heavy atom. The summed E-state index contributed by atoms with van der Waals surface area (Å²) in [5.41, 5.74) is 7.30. The highest BCUT2D eigenvalue weighted by atomic mass is 16.3. The number of anilines is 2. The van der Waals surface area contributed by atoms with Crippen LogP contribution in [0.5, 0.6) is 0 Å². The molecule has 3 nitrogen and oxygen atoms in total. The third-order valence-corrected chi connectivity index (χ3v) is 2.07. The molecule has 0 saturated carbocycles. The Hall–Kier alpha value is -1.22. The molecule has 4 N–H and O–H groups in total. The van der Waals surface area contributed by atoms with Crippen LogP contribution in [0.1, 0.15) is 19.8 Å². The molecule has 0 aliphatic heterocycles. The van der Waals surface area contributed by atoms with Crippen molar-refractivity contribution in [3.63, 3.8) is 0 Å². The number of aliphatic hydroxyl groups excluding tert-OH is 1. The van der Waals surface area contributed by atoms with Crippen molar-refractivity contribution in [2.45, 2.75) is 25.9 Å². The van der Waals surface area contributed by atoms with Crippen molar-refractivity contribution >= 4 is 11.4 Å². The second-order valence-corrected chi connectivity index (χ2v) is 3.45. The molecule has 3 heteroatoms. The van der Waals surface area contributed by atoms with Gasteiger partial charge in [-0.1, -0.05) is 13.3 Å². The van der Waals surface area contributed by atoms with E-state index in [1.54, 1.807) is 0 Å². The van der Waals surface area contributed by atoms with Crippen LogP contribution in [0.25, 0.3) is 0 Å². The van der Waals surface area contributed by atoms with Crippen LogP contribution >= 0.6 is 0 Å². The monoisotopic (exact) mass is 194 g/mol. The number of rotatable bonds is 5. The number of nitrogen functional groups attached to an aromatic ring is 1. The SMILES string of the molecule is CCCC(O)CNc1ccc(N)cc1. The van der Waals surface area contributed by atoms with Gasteiger partial charge < -0.3 is 16.2 Å². The van der Waals surface area contributed by atoms with Crippen LogP contribution in [0.4, 0.5) is 11.4 Å². The molecular weight excluding hydrogens is 176 g/mol. The summed E-state index contributed by atoms with van der Waals surface area (Å²) < 4.78 is 0. The third kappa shape index (κ3) is 3.66. The van der Waals surface area contributed by atoms with Gasteiger partial charge in [0.1, 0.15) is 0 Å². The molecule has 0 amide bonds. The summed E-state index contributed by atoms with van der Waals surface area (Å²) in [6.07, 6.45) is 1.57. The highest BCUT2D eigenvalue weighted by Crippen LogP contribution is 2.10. The van der Waals surface area contributed by atoms with Crippen LogP contribution in [-0.2, 0) is 0 Å². The van der Waals surface area contributed by atoms with Crippen LogP contribution in [0.15, 0.2) is 24.3 Å². The normalized spacial score (nSPS) is 12.4. The second kappa shape index (κ2) is 5.50. The van der Waals surface area contributed by atoms with Crippen molar-refractivity contribution < 1.29 is 5.11 Å². The van der Waals surface area contributed by atoms with Crippen molar-refractivity contribution in [3.05, 3.63) is 24.3 Å². The minimum Gasteiger partial charge on any atom is -0.399 e. The van der Waals surface area contributed by atoms with Crippen molar-refractivity contribution in [3.8, 4) is 0 Å². The Balaban J connectivity index is 2.34. The zero-order chi connectivity index (χ0) is 10.4. The minimum atomic E-state index is -0.266. The molecule has 1 atom stereocenters. The number of hydrogen-bond acceptors (Lipinski definition) is 3. The van der Waals surface area contributed by atoms with Crippen LogP contribution < -0.4 is 11.1 Å². The minimum absolute atomic E-state index is 0.266. The molecule has 0 fully saturated rings. The van der Waals surface area contributed by atoms with Crippen molar-refractivity contribution in [1.29, 1.82) is 0 Å². The molecule has 0 bridgehead atoms. The Morgan fingerprint density at radius 2 is 2.00 bits per heavy atom. The Morgan fingerprint density at radius 1 is 1.36 bits per heavy atom. The first kappa shape index (κ1) is 10.9. The molecule has 0 spiro atoms. The molecule has 1 rings (SSSR count). The number of nitrogens with two attached hydrogens (primary N) is 1. The van der Waals surface area contributed by atoms with Crippen molar-refractivity contribution in [2.75, 3.05) is 17.6 Å². The number of benzene rings is 1. The van der Waals surface area contributed by atoms with E-state index in [4.69, 9.17) is 5.73 Å². The van der Waals surface area contributed by atoms with Gasteiger partial charge in [0, 0.05) is 17.9 Å². The summed E-state index contributed by atoms with van der Waals surface area (Å²) in [4.78, 5) is 0. The smallest absolute Gasteiger partial charge is 0.0712 e. The van der Waals surface area contributed by atoms with E-state index >= 15 is 0 Å². The maximum atomic E-state index is 9.48. The third-order valence-electron chi connectivity index (χ3n) is 2.07. The quantitative estimate of drug-likeness (QED) is 0.627. The molecule has 0 heterocycles.